The minimum atomic E-state index is -0.843. The van der Waals surface area contributed by atoms with Crippen molar-refractivity contribution in [1.29, 1.82) is 0 Å². The number of ether oxygens (including phenoxy) is 1. The van der Waals surface area contributed by atoms with Gasteiger partial charge in [0.1, 0.15) is 18.4 Å². The van der Waals surface area contributed by atoms with Gasteiger partial charge in [0.25, 0.3) is 5.91 Å². The number of nitrogens with one attached hydrogen (secondary N) is 2. The molecule has 2 aliphatic rings. The Morgan fingerprint density at radius 3 is 2.67 bits per heavy atom. The molecule has 1 aromatic rings. The van der Waals surface area contributed by atoms with E-state index in [4.69, 9.17) is 27.8 Å². The van der Waals surface area contributed by atoms with Crippen LogP contribution in [-0.2, 0) is 9.53 Å². The number of hydrogen-bond donors (Lipinski definition) is 4. The van der Waals surface area contributed by atoms with Crippen molar-refractivity contribution < 1.29 is 28.2 Å². The predicted molar refractivity (Wildman–Crippen MR) is 108 cm³/mol. The first-order chi connectivity index (χ1) is 14.3. The first kappa shape index (κ1) is 21.9. The average molecular weight is 444 g/mol. The molecule has 164 valence electrons. The molecule has 2 amide bonds. The summed E-state index contributed by atoms with van der Waals surface area (Å²) < 4.78 is 34.8. The second kappa shape index (κ2) is 9.36. The van der Waals surface area contributed by atoms with Crippen molar-refractivity contribution in [3.63, 3.8) is 0 Å². The van der Waals surface area contributed by atoms with Crippen LogP contribution < -0.4 is 26.3 Å². The topological polar surface area (TPSA) is 123 Å². The number of nitrogens with zero attached hydrogens (tertiary/aromatic N) is 3. The molecule has 5 N–H and O–H groups in total. The number of rotatable bonds is 5. The second-order valence-electron chi connectivity index (χ2n) is 6.72. The molecule has 0 aromatic heterocycles. The summed E-state index contributed by atoms with van der Waals surface area (Å²) in [6.45, 7) is 0.386. The van der Waals surface area contributed by atoms with Gasteiger partial charge in [-0.1, -0.05) is 0 Å². The van der Waals surface area contributed by atoms with Gasteiger partial charge < -0.3 is 25.8 Å². The van der Waals surface area contributed by atoms with Gasteiger partial charge in [0.05, 0.1) is 25.3 Å². The lowest BCUT2D eigenvalue weighted by Gasteiger charge is -2.25. The lowest BCUT2D eigenvalue weighted by molar-refractivity contribution is -0.136. The molecule has 0 saturated carbocycles. The maximum Gasteiger partial charge on any atom is 0.414 e. The summed E-state index contributed by atoms with van der Waals surface area (Å²) in [6, 6.07) is 2.13. The van der Waals surface area contributed by atoms with E-state index in [0.717, 1.165) is 17.0 Å². The number of aliphatic hydroxyl groups excluding tert-OH is 1. The lowest BCUT2D eigenvalue weighted by Crippen LogP contribution is -2.45. The van der Waals surface area contributed by atoms with Crippen molar-refractivity contribution in [2.75, 3.05) is 55.7 Å². The number of halogens is 2. The third kappa shape index (κ3) is 4.86. The minimum absolute atomic E-state index is 0.0293. The van der Waals surface area contributed by atoms with Crippen LogP contribution >= 0.6 is 12.2 Å². The highest BCUT2D eigenvalue weighted by Crippen LogP contribution is 2.31. The first-order valence-electron chi connectivity index (χ1n) is 9.20. The molecule has 0 aliphatic carbocycles. The molecular weight excluding hydrogens is 422 g/mol. The van der Waals surface area contributed by atoms with E-state index in [2.05, 4.69) is 10.7 Å². The molecule has 13 heteroatoms. The highest BCUT2D eigenvalue weighted by Gasteiger charge is 2.34. The Bertz CT molecular complexity index is 821. The van der Waals surface area contributed by atoms with E-state index >= 15 is 0 Å². The number of anilines is 2. The van der Waals surface area contributed by atoms with E-state index < -0.39 is 36.3 Å². The predicted octanol–water partition coefficient (Wildman–Crippen LogP) is -0.731. The fourth-order valence-electron chi connectivity index (χ4n) is 3.32. The summed E-state index contributed by atoms with van der Waals surface area (Å²) in [4.78, 5) is 26.3. The Morgan fingerprint density at radius 1 is 1.33 bits per heavy atom. The van der Waals surface area contributed by atoms with E-state index in [-0.39, 0.29) is 55.8 Å². The molecule has 1 aromatic carbocycles. The molecule has 3 rings (SSSR count). The SMILES string of the molecule is NC(=S)NC[C@H]1CN(c2cc(F)c(N3CCNN(C(=O)CO)CC3)c(F)c2)C(=O)O1. The fourth-order valence-corrected chi connectivity index (χ4v) is 3.40. The number of aliphatic hydroxyl groups is 1. The van der Waals surface area contributed by atoms with Gasteiger partial charge in [0.2, 0.25) is 0 Å². The smallest absolute Gasteiger partial charge is 0.414 e. The van der Waals surface area contributed by atoms with Crippen LogP contribution in [0.3, 0.4) is 0 Å². The zero-order valence-corrected chi connectivity index (χ0v) is 16.8. The van der Waals surface area contributed by atoms with Gasteiger partial charge in [-0.05, 0) is 12.2 Å². The Kier molecular flexibility index (Phi) is 6.84. The van der Waals surface area contributed by atoms with Gasteiger partial charge in [-0.15, -0.1) is 0 Å². The Balaban J connectivity index is 1.73. The van der Waals surface area contributed by atoms with Crippen molar-refractivity contribution in [2.45, 2.75) is 6.10 Å². The van der Waals surface area contributed by atoms with Crippen LogP contribution in [0.4, 0.5) is 25.0 Å². The molecule has 10 nitrogen and oxygen atoms in total. The number of carbonyl (C=O) groups is 2. The van der Waals surface area contributed by atoms with E-state index in [1.54, 1.807) is 0 Å². The lowest BCUT2D eigenvalue weighted by atomic mass is 10.2. The van der Waals surface area contributed by atoms with Crippen LogP contribution in [0.2, 0.25) is 0 Å². The van der Waals surface area contributed by atoms with Crippen LogP contribution in [0.5, 0.6) is 0 Å². The van der Waals surface area contributed by atoms with Crippen LogP contribution in [0.25, 0.3) is 0 Å². The highest BCUT2D eigenvalue weighted by molar-refractivity contribution is 7.80. The summed E-state index contributed by atoms with van der Waals surface area (Å²) in [6.07, 6.45) is -1.30. The van der Waals surface area contributed by atoms with Crippen molar-refractivity contribution >= 4 is 40.7 Å². The van der Waals surface area contributed by atoms with Gasteiger partial charge in [-0.25, -0.2) is 19.0 Å². The zero-order valence-electron chi connectivity index (χ0n) is 15.9. The highest BCUT2D eigenvalue weighted by atomic mass is 32.1. The van der Waals surface area contributed by atoms with Crippen molar-refractivity contribution in [3.05, 3.63) is 23.8 Å². The maximum absolute atomic E-state index is 14.8. The third-order valence-electron chi connectivity index (χ3n) is 4.72. The van der Waals surface area contributed by atoms with Gasteiger partial charge in [0.15, 0.2) is 16.7 Å². The summed E-state index contributed by atoms with van der Waals surface area (Å²) in [5.41, 5.74) is 7.93. The van der Waals surface area contributed by atoms with Gasteiger partial charge in [-0.3, -0.25) is 14.7 Å². The van der Waals surface area contributed by atoms with E-state index in [0.29, 0.717) is 0 Å². The Labute approximate surface area is 176 Å². The zero-order chi connectivity index (χ0) is 21.8. The van der Waals surface area contributed by atoms with Crippen molar-refractivity contribution in [3.8, 4) is 0 Å². The molecule has 2 aliphatic heterocycles. The summed E-state index contributed by atoms with van der Waals surface area (Å²) >= 11 is 4.70. The number of cyclic esters (lactones) is 1. The van der Waals surface area contributed by atoms with Crippen LogP contribution in [0.1, 0.15) is 0 Å². The Hall–Kier alpha value is -2.77. The molecule has 1 atom stereocenters. The number of amides is 2. The largest absolute Gasteiger partial charge is 0.442 e. The fraction of sp³-hybridized carbons (Fsp3) is 0.471. The molecule has 0 bridgehead atoms. The minimum Gasteiger partial charge on any atom is -0.442 e. The van der Waals surface area contributed by atoms with Gasteiger partial charge >= 0.3 is 6.09 Å². The monoisotopic (exact) mass is 444 g/mol. The normalized spacial score (nSPS) is 19.5. The Morgan fingerprint density at radius 2 is 2.03 bits per heavy atom. The van der Waals surface area contributed by atoms with E-state index in [9.17, 15) is 18.4 Å². The van der Waals surface area contributed by atoms with Crippen LogP contribution in [0.15, 0.2) is 12.1 Å². The van der Waals surface area contributed by atoms with E-state index in [1.807, 2.05) is 0 Å². The standard InChI is InChI=1S/C17H22F2N6O4S/c18-12-5-10(24-8-11(29-17(24)28)7-21-16(20)30)6-13(19)15(12)23-2-1-22-25(4-3-23)14(27)9-26/h5-6,11,22,26H,1-4,7-9H2,(H3,20,21,30)/t11-/m0/s1. The van der Waals surface area contributed by atoms with Crippen LogP contribution in [-0.4, -0.2) is 79.2 Å². The third-order valence-corrected chi connectivity index (χ3v) is 4.87. The van der Waals surface area contributed by atoms with Crippen molar-refractivity contribution in [1.82, 2.24) is 15.8 Å². The molecule has 2 saturated heterocycles. The number of hydrogen-bond acceptors (Lipinski definition) is 7. The molecule has 2 fully saturated rings. The quantitative estimate of drug-likeness (QED) is 0.435. The molecule has 0 radical (unpaired) electrons. The van der Waals surface area contributed by atoms with E-state index in [1.165, 1.54) is 9.91 Å². The molecule has 0 spiro atoms. The molecule has 0 unspecified atom stereocenters. The number of carbonyl (C=O) groups excluding carboxylic acids is 2. The van der Waals surface area contributed by atoms with Gasteiger partial charge in [-0.2, -0.15) is 0 Å². The summed E-state index contributed by atoms with van der Waals surface area (Å²) in [5.74, 6) is -2.21. The number of thiocarbonyl (C=S) groups is 1. The average Bonchev–Trinajstić information content (AvgIpc) is 2.90. The molecular formula is C17H22F2N6O4S. The maximum atomic E-state index is 14.8. The second-order valence-corrected chi connectivity index (χ2v) is 7.16. The number of hydrazine groups is 1. The summed E-state index contributed by atoms with van der Waals surface area (Å²) in [5, 5.41) is 12.9. The van der Waals surface area contributed by atoms with Crippen LogP contribution in [0, 0.1) is 11.6 Å². The molecule has 2 heterocycles. The van der Waals surface area contributed by atoms with Crippen molar-refractivity contribution in [2.24, 2.45) is 5.73 Å². The first-order valence-corrected chi connectivity index (χ1v) is 9.61. The van der Waals surface area contributed by atoms with Gasteiger partial charge in [0, 0.05) is 31.8 Å². The number of nitrogens with two attached hydrogens (primary N) is 1. The summed E-state index contributed by atoms with van der Waals surface area (Å²) in [7, 11) is 0. The molecule has 30 heavy (non-hydrogen) atoms. The number of benzene rings is 1.